The molecule has 140 valence electrons. The van der Waals surface area contributed by atoms with E-state index in [4.69, 9.17) is 4.74 Å². The summed E-state index contributed by atoms with van der Waals surface area (Å²) in [5.41, 5.74) is 2.86. The Labute approximate surface area is 156 Å². The van der Waals surface area contributed by atoms with Gasteiger partial charge in [-0.3, -0.25) is 0 Å². The monoisotopic (exact) mass is 374 g/mol. The van der Waals surface area contributed by atoms with Crippen molar-refractivity contribution in [1.29, 1.82) is 0 Å². The first-order chi connectivity index (χ1) is 12.4. The van der Waals surface area contributed by atoms with Gasteiger partial charge in [-0.15, -0.1) is 0 Å². The quantitative estimate of drug-likeness (QED) is 0.844. The molecule has 26 heavy (non-hydrogen) atoms. The van der Waals surface area contributed by atoms with Crippen LogP contribution in [0, 0.1) is 19.8 Å². The van der Waals surface area contributed by atoms with Crippen molar-refractivity contribution in [3.63, 3.8) is 0 Å². The summed E-state index contributed by atoms with van der Waals surface area (Å²) >= 11 is 0. The third-order valence-corrected chi connectivity index (χ3v) is 6.48. The summed E-state index contributed by atoms with van der Waals surface area (Å²) in [6.45, 7) is 5.98. The third kappa shape index (κ3) is 4.19. The highest BCUT2D eigenvalue weighted by atomic mass is 32.2. The number of nitrogens with one attached hydrogen (secondary N) is 1. The summed E-state index contributed by atoms with van der Waals surface area (Å²) in [5, 5.41) is 0. The van der Waals surface area contributed by atoms with E-state index in [1.165, 1.54) is 0 Å². The molecule has 1 unspecified atom stereocenters. The highest BCUT2D eigenvalue weighted by Crippen LogP contribution is 2.26. The topological polar surface area (TPSA) is 58.6 Å². The van der Waals surface area contributed by atoms with Crippen LogP contribution in [-0.2, 0) is 10.0 Å². The Morgan fingerprint density at radius 1 is 1.15 bits per heavy atom. The third-order valence-electron chi connectivity index (χ3n) is 4.92. The molecule has 3 rings (SSSR count). The summed E-state index contributed by atoms with van der Waals surface area (Å²) in [6, 6.07) is 13.5. The summed E-state index contributed by atoms with van der Waals surface area (Å²) < 4.78 is 33.3. The zero-order valence-electron chi connectivity index (χ0n) is 15.5. The van der Waals surface area contributed by atoms with Crippen LogP contribution in [-0.4, -0.2) is 35.2 Å². The molecule has 1 atom stereocenters. The molecule has 1 N–H and O–H groups in total. The minimum absolute atomic E-state index is 0.303. The molecule has 0 bridgehead atoms. The number of methoxy groups -OCH3 is 1. The van der Waals surface area contributed by atoms with E-state index in [1.54, 1.807) is 13.2 Å². The standard InChI is InChI=1S/C20H26N2O3S/c1-15-4-5-16(2)20(12-15)26(23,24)21-13-17-10-11-22(14-17)18-6-8-19(25-3)9-7-18/h4-9,12,17,21H,10-11,13-14H2,1-3H3. The predicted molar refractivity (Wildman–Crippen MR) is 104 cm³/mol. The van der Waals surface area contributed by atoms with Crippen LogP contribution in [0.1, 0.15) is 17.5 Å². The van der Waals surface area contributed by atoms with Gasteiger partial charge in [0.05, 0.1) is 12.0 Å². The fourth-order valence-electron chi connectivity index (χ4n) is 3.33. The predicted octanol–water partition coefficient (Wildman–Crippen LogP) is 3.12. The lowest BCUT2D eigenvalue weighted by Crippen LogP contribution is -2.31. The lowest BCUT2D eigenvalue weighted by molar-refractivity contribution is 0.415. The zero-order chi connectivity index (χ0) is 18.7. The van der Waals surface area contributed by atoms with Crippen LogP contribution < -0.4 is 14.4 Å². The number of hydrogen-bond acceptors (Lipinski definition) is 4. The molecular formula is C20H26N2O3S. The van der Waals surface area contributed by atoms with Crippen LogP contribution in [0.5, 0.6) is 5.75 Å². The fraction of sp³-hybridized carbons (Fsp3) is 0.400. The van der Waals surface area contributed by atoms with Gasteiger partial charge in [0.2, 0.25) is 10.0 Å². The van der Waals surface area contributed by atoms with E-state index in [1.807, 2.05) is 50.2 Å². The van der Waals surface area contributed by atoms with Crippen molar-refractivity contribution >= 4 is 15.7 Å². The first kappa shape index (κ1) is 18.7. The van der Waals surface area contributed by atoms with Crippen molar-refractivity contribution in [2.75, 3.05) is 31.6 Å². The number of anilines is 1. The molecule has 0 aliphatic carbocycles. The summed E-state index contributed by atoms with van der Waals surface area (Å²) in [5.74, 6) is 1.14. The van der Waals surface area contributed by atoms with Crippen LogP contribution in [0.3, 0.4) is 0 Å². The second-order valence-corrected chi connectivity index (χ2v) is 8.65. The average Bonchev–Trinajstić information content (AvgIpc) is 3.11. The smallest absolute Gasteiger partial charge is 0.240 e. The number of benzene rings is 2. The van der Waals surface area contributed by atoms with Gasteiger partial charge in [0, 0.05) is 25.3 Å². The Hall–Kier alpha value is -2.05. The first-order valence-electron chi connectivity index (χ1n) is 8.85. The minimum Gasteiger partial charge on any atom is -0.497 e. The molecule has 2 aromatic rings. The van der Waals surface area contributed by atoms with Crippen LogP contribution in [0.15, 0.2) is 47.4 Å². The van der Waals surface area contributed by atoms with Gasteiger partial charge in [0.1, 0.15) is 5.75 Å². The van der Waals surface area contributed by atoms with Crippen LogP contribution in [0.25, 0.3) is 0 Å². The van der Waals surface area contributed by atoms with Crippen molar-refractivity contribution in [1.82, 2.24) is 4.72 Å². The van der Waals surface area contributed by atoms with E-state index in [0.717, 1.165) is 42.1 Å². The second kappa shape index (κ2) is 7.68. The van der Waals surface area contributed by atoms with Gasteiger partial charge in [-0.1, -0.05) is 12.1 Å². The maximum atomic E-state index is 12.6. The molecule has 0 aromatic heterocycles. The first-order valence-corrected chi connectivity index (χ1v) is 10.3. The van der Waals surface area contributed by atoms with E-state index in [0.29, 0.717) is 17.4 Å². The van der Waals surface area contributed by atoms with Crippen molar-refractivity contribution in [3.8, 4) is 5.75 Å². The molecule has 6 heteroatoms. The number of nitrogens with zero attached hydrogens (tertiary/aromatic N) is 1. The number of hydrogen-bond donors (Lipinski definition) is 1. The van der Waals surface area contributed by atoms with Gasteiger partial charge in [-0.05, 0) is 67.6 Å². The molecule has 1 aliphatic heterocycles. The number of rotatable bonds is 6. The SMILES string of the molecule is COc1ccc(N2CCC(CNS(=O)(=O)c3cc(C)ccc3C)C2)cc1. The summed E-state index contributed by atoms with van der Waals surface area (Å²) in [4.78, 5) is 2.67. The summed E-state index contributed by atoms with van der Waals surface area (Å²) in [6.07, 6.45) is 0.974. The van der Waals surface area contributed by atoms with Crippen molar-refractivity contribution in [3.05, 3.63) is 53.6 Å². The van der Waals surface area contributed by atoms with Crippen LogP contribution in [0.4, 0.5) is 5.69 Å². The lowest BCUT2D eigenvalue weighted by Gasteiger charge is -2.19. The maximum absolute atomic E-state index is 12.6. The molecule has 1 aliphatic rings. The average molecular weight is 375 g/mol. The molecule has 0 amide bonds. The Bertz CT molecular complexity index is 863. The summed E-state index contributed by atoms with van der Waals surface area (Å²) in [7, 11) is -1.82. The van der Waals surface area contributed by atoms with E-state index in [2.05, 4.69) is 9.62 Å². The van der Waals surface area contributed by atoms with E-state index in [9.17, 15) is 8.42 Å². The van der Waals surface area contributed by atoms with Crippen molar-refractivity contribution < 1.29 is 13.2 Å². The van der Waals surface area contributed by atoms with Gasteiger partial charge < -0.3 is 9.64 Å². The highest BCUT2D eigenvalue weighted by Gasteiger charge is 2.25. The molecular weight excluding hydrogens is 348 g/mol. The Morgan fingerprint density at radius 3 is 2.58 bits per heavy atom. The maximum Gasteiger partial charge on any atom is 0.240 e. The van der Waals surface area contributed by atoms with Gasteiger partial charge in [-0.25, -0.2) is 13.1 Å². The molecule has 0 radical (unpaired) electrons. The van der Waals surface area contributed by atoms with Crippen molar-refractivity contribution in [2.24, 2.45) is 5.92 Å². The number of aryl methyl sites for hydroxylation is 2. The zero-order valence-corrected chi connectivity index (χ0v) is 16.3. The highest BCUT2D eigenvalue weighted by molar-refractivity contribution is 7.89. The van der Waals surface area contributed by atoms with Gasteiger partial charge in [0.15, 0.2) is 0 Å². The normalized spacial score (nSPS) is 17.5. The van der Waals surface area contributed by atoms with Crippen molar-refractivity contribution in [2.45, 2.75) is 25.2 Å². The lowest BCUT2D eigenvalue weighted by atomic mass is 10.1. The fourth-order valence-corrected chi connectivity index (χ4v) is 4.77. The second-order valence-electron chi connectivity index (χ2n) is 6.92. The van der Waals surface area contributed by atoms with E-state index in [-0.39, 0.29) is 0 Å². The number of ether oxygens (including phenoxy) is 1. The minimum atomic E-state index is -3.48. The van der Waals surface area contributed by atoms with Crippen LogP contribution >= 0.6 is 0 Å². The van der Waals surface area contributed by atoms with E-state index < -0.39 is 10.0 Å². The Kier molecular flexibility index (Phi) is 5.53. The molecule has 5 nitrogen and oxygen atoms in total. The molecule has 0 saturated carbocycles. The van der Waals surface area contributed by atoms with Gasteiger partial charge >= 0.3 is 0 Å². The Morgan fingerprint density at radius 2 is 1.88 bits per heavy atom. The number of sulfonamides is 1. The van der Waals surface area contributed by atoms with E-state index >= 15 is 0 Å². The molecule has 0 spiro atoms. The molecule has 1 saturated heterocycles. The largest absolute Gasteiger partial charge is 0.497 e. The van der Waals surface area contributed by atoms with Crippen LogP contribution in [0.2, 0.25) is 0 Å². The molecule has 1 heterocycles. The van der Waals surface area contributed by atoms with Gasteiger partial charge in [-0.2, -0.15) is 0 Å². The Balaban J connectivity index is 1.61. The molecule has 1 fully saturated rings. The van der Waals surface area contributed by atoms with Gasteiger partial charge in [0.25, 0.3) is 0 Å². The molecule has 2 aromatic carbocycles.